The van der Waals surface area contributed by atoms with Crippen molar-refractivity contribution in [3.05, 3.63) is 59.8 Å². The lowest BCUT2D eigenvalue weighted by Gasteiger charge is -2.15. The molecule has 2 aromatic carbocycles. The molecular formula is C24H28N4O. The maximum atomic E-state index is 11.7. The largest absolute Gasteiger partial charge is 0.353 e. The van der Waals surface area contributed by atoms with Gasteiger partial charge in [-0.2, -0.15) is 0 Å². The third kappa shape index (κ3) is 4.09. The van der Waals surface area contributed by atoms with Crippen LogP contribution in [0.2, 0.25) is 0 Å². The Labute approximate surface area is 172 Å². The van der Waals surface area contributed by atoms with Gasteiger partial charge in [0, 0.05) is 18.0 Å². The van der Waals surface area contributed by atoms with E-state index in [9.17, 15) is 4.79 Å². The fraction of sp³-hybridized carbons (Fsp3) is 0.375. The number of nitrogens with one attached hydrogen (secondary N) is 1. The summed E-state index contributed by atoms with van der Waals surface area (Å²) in [5.74, 6) is 0.122. The fourth-order valence-corrected chi connectivity index (χ4v) is 4.32. The second-order valence-corrected chi connectivity index (χ2v) is 8.04. The maximum absolute atomic E-state index is 11.7. The summed E-state index contributed by atoms with van der Waals surface area (Å²) < 4.78 is 2.03. The molecule has 5 heteroatoms. The van der Waals surface area contributed by atoms with Crippen molar-refractivity contribution in [1.82, 2.24) is 20.3 Å². The summed E-state index contributed by atoms with van der Waals surface area (Å²) in [7, 11) is 0. The van der Waals surface area contributed by atoms with Gasteiger partial charge in [-0.05, 0) is 49.8 Å². The number of carbonyl (C=O) groups excluding carboxylic acids is 1. The molecule has 1 N–H and O–H groups in total. The molecule has 0 saturated heterocycles. The molecule has 0 radical (unpaired) electrons. The SMILES string of the molecule is CCC(=O)N[C@H]1CC[C@@H](n2nncc2-c2ccc(-c3ccc(C)cc3C)cc2)C1. The second-order valence-electron chi connectivity index (χ2n) is 8.04. The molecule has 3 aromatic rings. The number of amides is 1. The highest BCUT2D eigenvalue weighted by atomic mass is 16.1. The average molecular weight is 389 g/mol. The molecule has 5 nitrogen and oxygen atoms in total. The molecule has 0 unspecified atom stereocenters. The van der Waals surface area contributed by atoms with E-state index in [1.807, 2.05) is 17.8 Å². The van der Waals surface area contributed by atoms with E-state index in [4.69, 9.17) is 0 Å². The van der Waals surface area contributed by atoms with E-state index < -0.39 is 0 Å². The molecule has 0 bridgehead atoms. The smallest absolute Gasteiger partial charge is 0.219 e. The highest BCUT2D eigenvalue weighted by Gasteiger charge is 2.29. The van der Waals surface area contributed by atoms with Crippen molar-refractivity contribution in [2.45, 2.75) is 58.5 Å². The first kappa shape index (κ1) is 19.4. The van der Waals surface area contributed by atoms with Gasteiger partial charge in [-0.1, -0.05) is 60.2 Å². The summed E-state index contributed by atoms with van der Waals surface area (Å²) in [5.41, 5.74) is 7.19. The van der Waals surface area contributed by atoms with E-state index >= 15 is 0 Å². The van der Waals surface area contributed by atoms with Crippen LogP contribution in [0.15, 0.2) is 48.7 Å². The highest BCUT2D eigenvalue weighted by Crippen LogP contribution is 2.34. The van der Waals surface area contributed by atoms with E-state index in [-0.39, 0.29) is 18.0 Å². The minimum absolute atomic E-state index is 0.122. The number of carbonyl (C=O) groups is 1. The topological polar surface area (TPSA) is 59.8 Å². The Morgan fingerprint density at radius 1 is 1.10 bits per heavy atom. The number of benzene rings is 2. The van der Waals surface area contributed by atoms with Gasteiger partial charge in [0.15, 0.2) is 0 Å². The van der Waals surface area contributed by atoms with Crippen LogP contribution in [0.1, 0.15) is 49.8 Å². The van der Waals surface area contributed by atoms with Crippen LogP contribution in [0.3, 0.4) is 0 Å². The first-order valence-corrected chi connectivity index (χ1v) is 10.4. The third-order valence-corrected chi connectivity index (χ3v) is 5.89. The van der Waals surface area contributed by atoms with Gasteiger partial charge < -0.3 is 5.32 Å². The predicted molar refractivity (Wildman–Crippen MR) is 115 cm³/mol. The summed E-state index contributed by atoms with van der Waals surface area (Å²) in [4.78, 5) is 11.7. The van der Waals surface area contributed by atoms with Gasteiger partial charge in [0.05, 0.1) is 17.9 Å². The van der Waals surface area contributed by atoms with Crippen molar-refractivity contribution in [2.24, 2.45) is 0 Å². The Kier molecular flexibility index (Phi) is 5.47. The minimum Gasteiger partial charge on any atom is -0.353 e. The fourth-order valence-electron chi connectivity index (χ4n) is 4.32. The Hall–Kier alpha value is -2.95. The summed E-state index contributed by atoms with van der Waals surface area (Å²) in [5, 5.41) is 11.7. The molecule has 1 fully saturated rings. The molecule has 1 aliphatic carbocycles. The number of hydrogen-bond acceptors (Lipinski definition) is 3. The van der Waals surface area contributed by atoms with E-state index in [1.165, 1.54) is 22.3 Å². The number of aryl methyl sites for hydroxylation is 2. The quantitative estimate of drug-likeness (QED) is 0.680. The van der Waals surface area contributed by atoms with Crippen molar-refractivity contribution in [1.29, 1.82) is 0 Å². The Balaban J connectivity index is 1.53. The molecule has 0 aliphatic heterocycles. The number of nitrogens with zero attached hydrogens (tertiary/aromatic N) is 3. The van der Waals surface area contributed by atoms with Crippen molar-refractivity contribution >= 4 is 5.91 Å². The first-order valence-electron chi connectivity index (χ1n) is 10.4. The van der Waals surface area contributed by atoms with Crippen LogP contribution in [-0.2, 0) is 4.79 Å². The lowest BCUT2D eigenvalue weighted by Crippen LogP contribution is -2.32. The molecule has 1 aromatic heterocycles. The molecule has 1 saturated carbocycles. The standard InChI is InChI=1S/C24H28N4O/c1-4-24(29)26-20-10-11-21(14-20)28-23(15-25-27-28)19-8-6-18(7-9-19)22-12-5-16(2)13-17(22)3/h5-9,12-13,15,20-21H,4,10-11,14H2,1-3H3,(H,26,29)/t20-,21+/m0/s1. The van der Waals surface area contributed by atoms with Crippen LogP contribution in [0.4, 0.5) is 0 Å². The van der Waals surface area contributed by atoms with Gasteiger partial charge in [-0.15, -0.1) is 5.10 Å². The third-order valence-electron chi connectivity index (χ3n) is 5.89. The Morgan fingerprint density at radius 3 is 2.59 bits per heavy atom. The second kappa shape index (κ2) is 8.19. The molecule has 150 valence electrons. The van der Waals surface area contributed by atoms with E-state index in [2.05, 4.69) is 71.9 Å². The number of rotatable bonds is 5. The first-order chi connectivity index (χ1) is 14.0. The Morgan fingerprint density at radius 2 is 1.86 bits per heavy atom. The monoisotopic (exact) mass is 388 g/mol. The average Bonchev–Trinajstić information content (AvgIpc) is 3.37. The molecule has 1 amide bonds. The lowest BCUT2D eigenvalue weighted by molar-refractivity contribution is -0.121. The predicted octanol–water partition coefficient (Wildman–Crippen LogP) is 4.85. The van der Waals surface area contributed by atoms with Crippen molar-refractivity contribution in [3.63, 3.8) is 0 Å². The molecule has 1 aliphatic rings. The molecule has 0 spiro atoms. The van der Waals surface area contributed by atoms with Crippen LogP contribution in [-0.4, -0.2) is 26.9 Å². The summed E-state index contributed by atoms with van der Waals surface area (Å²) >= 11 is 0. The molecule has 4 rings (SSSR count). The van der Waals surface area contributed by atoms with E-state index in [0.29, 0.717) is 6.42 Å². The van der Waals surface area contributed by atoms with Crippen LogP contribution in [0.5, 0.6) is 0 Å². The van der Waals surface area contributed by atoms with Crippen molar-refractivity contribution in [3.8, 4) is 22.4 Å². The highest BCUT2D eigenvalue weighted by molar-refractivity contribution is 5.76. The Bertz CT molecular complexity index is 1010. The lowest BCUT2D eigenvalue weighted by atomic mass is 9.97. The molecule has 2 atom stereocenters. The van der Waals surface area contributed by atoms with E-state index in [1.54, 1.807) is 0 Å². The van der Waals surface area contributed by atoms with E-state index in [0.717, 1.165) is 30.5 Å². The van der Waals surface area contributed by atoms with Gasteiger partial charge in [0.1, 0.15) is 0 Å². The number of hydrogen-bond donors (Lipinski definition) is 1. The van der Waals surface area contributed by atoms with Gasteiger partial charge in [-0.3, -0.25) is 4.79 Å². The van der Waals surface area contributed by atoms with Crippen LogP contribution in [0, 0.1) is 13.8 Å². The summed E-state index contributed by atoms with van der Waals surface area (Å²) in [6.07, 6.45) is 5.27. The maximum Gasteiger partial charge on any atom is 0.219 e. The molecule has 29 heavy (non-hydrogen) atoms. The zero-order valence-electron chi connectivity index (χ0n) is 17.4. The van der Waals surface area contributed by atoms with Gasteiger partial charge >= 0.3 is 0 Å². The van der Waals surface area contributed by atoms with Crippen molar-refractivity contribution in [2.75, 3.05) is 0 Å². The molecule has 1 heterocycles. The minimum atomic E-state index is 0.122. The van der Waals surface area contributed by atoms with Crippen molar-refractivity contribution < 1.29 is 4.79 Å². The normalized spacial score (nSPS) is 18.7. The zero-order chi connectivity index (χ0) is 20.4. The van der Waals surface area contributed by atoms with Gasteiger partial charge in [0.2, 0.25) is 5.91 Å². The van der Waals surface area contributed by atoms with Gasteiger partial charge in [0.25, 0.3) is 0 Å². The van der Waals surface area contributed by atoms with Crippen LogP contribution < -0.4 is 5.32 Å². The number of aromatic nitrogens is 3. The summed E-state index contributed by atoms with van der Waals surface area (Å²) in [6.45, 7) is 6.16. The zero-order valence-corrected chi connectivity index (χ0v) is 17.4. The van der Waals surface area contributed by atoms with Gasteiger partial charge in [-0.25, -0.2) is 4.68 Å². The van der Waals surface area contributed by atoms with Crippen LogP contribution >= 0.6 is 0 Å². The van der Waals surface area contributed by atoms with Crippen LogP contribution in [0.25, 0.3) is 22.4 Å². The molecular weight excluding hydrogens is 360 g/mol. The summed E-state index contributed by atoms with van der Waals surface area (Å²) in [6, 6.07) is 15.7.